The van der Waals surface area contributed by atoms with E-state index in [9.17, 15) is 0 Å². The Bertz CT molecular complexity index is 848. The summed E-state index contributed by atoms with van der Waals surface area (Å²) in [6, 6.07) is 16.4. The Morgan fingerprint density at radius 2 is 1.56 bits per heavy atom. The highest BCUT2D eigenvalue weighted by molar-refractivity contribution is 5.65. The van der Waals surface area contributed by atoms with Crippen LogP contribution in [0.25, 0.3) is 24.8 Å². The molecule has 0 amide bonds. The monoisotopic (exact) mass is 330 g/mol. The largest absolute Gasteiger partial charge is 0.0984 e. The second-order valence-electron chi connectivity index (χ2n) is 6.05. The van der Waals surface area contributed by atoms with Gasteiger partial charge in [-0.05, 0) is 48.8 Å². The molecule has 0 bridgehead atoms. The predicted octanol–water partition coefficient (Wildman–Crippen LogP) is 5.99. The molecular weight excluding hydrogens is 300 g/mol. The van der Waals surface area contributed by atoms with Gasteiger partial charge in [0.2, 0.25) is 0 Å². The van der Waals surface area contributed by atoms with Gasteiger partial charge in [0.15, 0.2) is 0 Å². The van der Waals surface area contributed by atoms with E-state index < -0.39 is 0 Å². The lowest BCUT2D eigenvalue weighted by Gasteiger charge is -2.01. The van der Waals surface area contributed by atoms with E-state index in [1.165, 1.54) is 27.5 Å². The molecular formula is C25H30. The molecule has 0 aromatic heterocycles. The van der Waals surface area contributed by atoms with Crippen LogP contribution < -0.4 is 10.4 Å². The fourth-order valence-corrected chi connectivity index (χ4v) is 2.20. The molecule has 0 heterocycles. The summed E-state index contributed by atoms with van der Waals surface area (Å²) in [5.74, 6) is 0. The summed E-state index contributed by atoms with van der Waals surface area (Å²) in [4.78, 5) is 0. The summed E-state index contributed by atoms with van der Waals surface area (Å²) in [5, 5.41) is 2.28. The number of hydrogen-bond acceptors (Lipinski definition) is 0. The minimum atomic E-state index is 1.08. The number of rotatable bonds is 4. The first-order valence-corrected chi connectivity index (χ1v) is 8.79. The standard InChI is InChI=1S/C13H16.C12H14/c1-4-11(3)10-13-9-7-6-8-12(13)5-2;1-4-10(2)9-12-8-6-5-7-11(12)3/h5-10H,2,4H2,1,3H3;4-9H,3H2,1-2H3/b11-10+;10-4-,12-9-. The van der Waals surface area contributed by atoms with Crippen LogP contribution in [-0.4, -0.2) is 0 Å². The van der Waals surface area contributed by atoms with E-state index in [0.717, 1.165) is 11.6 Å². The SMILES string of the molecule is C=Cc1ccccc1/C=C(\C)CC.C=c1cccc/c1=C/C(C)=C\C. The van der Waals surface area contributed by atoms with Crippen LogP contribution in [0.2, 0.25) is 0 Å². The maximum atomic E-state index is 3.95. The molecule has 2 aromatic rings. The Kier molecular flexibility index (Phi) is 9.03. The van der Waals surface area contributed by atoms with Crippen molar-refractivity contribution in [2.75, 3.05) is 0 Å². The molecule has 2 aromatic carbocycles. The van der Waals surface area contributed by atoms with Crippen molar-refractivity contribution in [2.45, 2.75) is 34.1 Å². The molecule has 0 N–H and O–H groups in total. The normalized spacial score (nSPS) is 12.4. The second-order valence-corrected chi connectivity index (χ2v) is 6.05. The first kappa shape index (κ1) is 20.4. The van der Waals surface area contributed by atoms with E-state index in [1.807, 2.05) is 37.3 Å². The van der Waals surface area contributed by atoms with E-state index in [1.54, 1.807) is 0 Å². The van der Waals surface area contributed by atoms with E-state index in [2.05, 4.69) is 76.4 Å². The Morgan fingerprint density at radius 3 is 2.12 bits per heavy atom. The number of hydrogen-bond donors (Lipinski definition) is 0. The van der Waals surface area contributed by atoms with Gasteiger partial charge in [-0.3, -0.25) is 0 Å². The number of allylic oxidation sites excluding steroid dienone is 3. The van der Waals surface area contributed by atoms with E-state index >= 15 is 0 Å². The smallest absolute Gasteiger partial charge is 0.0185 e. The molecule has 0 spiro atoms. The van der Waals surface area contributed by atoms with Crippen LogP contribution >= 0.6 is 0 Å². The summed E-state index contributed by atoms with van der Waals surface area (Å²) >= 11 is 0. The van der Waals surface area contributed by atoms with Gasteiger partial charge >= 0.3 is 0 Å². The van der Waals surface area contributed by atoms with Crippen LogP contribution in [-0.2, 0) is 0 Å². The molecule has 130 valence electrons. The zero-order valence-corrected chi connectivity index (χ0v) is 16.0. The molecule has 0 fully saturated rings. The lowest BCUT2D eigenvalue weighted by molar-refractivity contribution is 1.11. The highest BCUT2D eigenvalue weighted by Gasteiger charge is 1.94. The van der Waals surface area contributed by atoms with Crippen LogP contribution in [0.15, 0.2) is 72.3 Å². The summed E-state index contributed by atoms with van der Waals surface area (Å²) in [5.41, 5.74) is 5.13. The van der Waals surface area contributed by atoms with Crippen molar-refractivity contribution in [3.05, 3.63) is 93.9 Å². The maximum absolute atomic E-state index is 3.95. The minimum absolute atomic E-state index is 1.08. The molecule has 0 saturated heterocycles. The fourth-order valence-electron chi connectivity index (χ4n) is 2.20. The van der Waals surface area contributed by atoms with Crippen molar-refractivity contribution in [1.82, 2.24) is 0 Å². The average Bonchev–Trinajstić information content (AvgIpc) is 2.64. The first-order chi connectivity index (χ1) is 12.0. The van der Waals surface area contributed by atoms with Crippen LogP contribution in [0.4, 0.5) is 0 Å². The zero-order chi connectivity index (χ0) is 18.7. The Hall–Kier alpha value is -2.60. The Labute approximate surface area is 153 Å². The maximum Gasteiger partial charge on any atom is -0.0185 e. The molecule has 25 heavy (non-hydrogen) atoms. The third-order valence-electron chi connectivity index (χ3n) is 4.07. The zero-order valence-electron chi connectivity index (χ0n) is 16.0. The fraction of sp³-hybridized carbons (Fsp3) is 0.200. The van der Waals surface area contributed by atoms with Gasteiger partial charge in [0.25, 0.3) is 0 Å². The van der Waals surface area contributed by atoms with Crippen molar-refractivity contribution in [3.8, 4) is 0 Å². The van der Waals surface area contributed by atoms with Gasteiger partial charge < -0.3 is 0 Å². The molecule has 0 atom stereocenters. The van der Waals surface area contributed by atoms with Crippen molar-refractivity contribution < 1.29 is 0 Å². The second kappa shape index (κ2) is 11.0. The highest BCUT2D eigenvalue weighted by atomic mass is 14.0. The quantitative estimate of drug-likeness (QED) is 0.646. The van der Waals surface area contributed by atoms with E-state index in [4.69, 9.17) is 0 Å². The van der Waals surface area contributed by atoms with Crippen molar-refractivity contribution in [2.24, 2.45) is 0 Å². The van der Waals surface area contributed by atoms with Gasteiger partial charge in [0.1, 0.15) is 0 Å². The number of benzene rings is 2. The van der Waals surface area contributed by atoms with Crippen LogP contribution in [0.1, 0.15) is 45.2 Å². The predicted molar refractivity (Wildman–Crippen MR) is 116 cm³/mol. The molecule has 0 unspecified atom stereocenters. The molecule has 0 radical (unpaired) electrons. The lowest BCUT2D eigenvalue weighted by atomic mass is 10.0. The van der Waals surface area contributed by atoms with Gasteiger partial charge in [0.05, 0.1) is 0 Å². The average molecular weight is 331 g/mol. The topological polar surface area (TPSA) is 0 Å². The summed E-state index contributed by atoms with van der Waals surface area (Å²) in [7, 11) is 0. The van der Waals surface area contributed by atoms with Gasteiger partial charge in [-0.25, -0.2) is 0 Å². The first-order valence-electron chi connectivity index (χ1n) is 8.79. The lowest BCUT2D eigenvalue weighted by Crippen LogP contribution is -2.21. The van der Waals surface area contributed by atoms with Gasteiger partial charge in [0, 0.05) is 0 Å². The Morgan fingerprint density at radius 1 is 0.960 bits per heavy atom. The van der Waals surface area contributed by atoms with Crippen LogP contribution in [0.3, 0.4) is 0 Å². The highest BCUT2D eigenvalue weighted by Crippen LogP contribution is 2.15. The molecule has 0 aliphatic rings. The van der Waals surface area contributed by atoms with Crippen molar-refractivity contribution >= 4 is 24.8 Å². The van der Waals surface area contributed by atoms with E-state index in [-0.39, 0.29) is 0 Å². The molecule has 0 aliphatic heterocycles. The molecule has 2 rings (SSSR count). The Balaban J connectivity index is 0.000000251. The summed E-state index contributed by atoms with van der Waals surface area (Å²) in [6.45, 7) is 16.2. The van der Waals surface area contributed by atoms with Crippen LogP contribution in [0, 0.1) is 0 Å². The van der Waals surface area contributed by atoms with Crippen molar-refractivity contribution in [3.63, 3.8) is 0 Å². The van der Waals surface area contributed by atoms with Gasteiger partial charge in [-0.2, -0.15) is 0 Å². The van der Waals surface area contributed by atoms with Crippen LogP contribution in [0.5, 0.6) is 0 Å². The third-order valence-corrected chi connectivity index (χ3v) is 4.07. The van der Waals surface area contributed by atoms with E-state index in [0.29, 0.717) is 0 Å². The molecule has 0 heteroatoms. The summed E-state index contributed by atoms with van der Waals surface area (Å²) < 4.78 is 0. The summed E-state index contributed by atoms with van der Waals surface area (Å²) in [6.07, 6.45) is 9.45. The minimum Gasteiger partial charge on any atom is -0.0984 e. The molecule has 0 aliphatic carbocycles. The third kappa shape index (κ3) is 7.22. The molecule has 0 nitrogen and oxygen atoms in total. The van der Waals surface area contributed by atoms with Gasteiger partial charge in [-0.15, -0.1) is 0 Å². The van der Waals surface area contributed by atoms with Crippen molar-refractivity contribution in [1.29, 1.82) is 0 Å². The van der Waals surface area contributed by atoms with Gasteiger partial charge in [-0.1, -0.05) is 104 Å². The molecule has 0 saturated carbocycles.